The van der Waals surface area contributed by atoms with Crippen molar-refractivity contribution in [2.45, 2.75) is 58.2 Å². The Morgan fingerprint density at radius 3 is 2.81 bits per heavy atom. The highest BCUT2D eigenvalue weighted by atomic mass is 16.2. The van der Waals surface area contributed by atoms with Gasteiger partial charge in [0.05, 0.1) is 0 Å². The third kappa shape index (κ3) is 3.99. The highest BCUT2D eigenvalue weighted by molar-refractivity contribution is 5.84. The second-order valence-electron chi connectivity index (χ2n) is 7.24. The topological polar surface area (TPSA) is 106 Å². The number of hydrogen-bond donors (Lipinski definition) is 3. The number of carbonyl (C=O) groups is 1. The zero-order valence-corrected chi connectivity index (χ0v) is 15.5. The van der Waals surface area contributed by atoms with Gasteiger partial charge in [-0.15, -0.1) is 0 Å². The molecule has 0 aliphatic heterocycles. The van der Waals surface area contributed by atoms with Crippen LogP contribution in [0.25, 0.3) is 11.5 Å². The third-order valence-corrected chi connectivity index (χ3v) is 4.75. The zero-order valence-electron chi connectivity index (χ0n) is 15.5. The molecular formula is C19H26N6O. The maximum absolute atomic E-state index is 12.4. The molecule has 0 bridgehead atoms. The van der Waals surface area contributed by atoms with Crippen molar-refractivity contribution >= 4 is 11.7 Å². The van der Waals surface area contributed by atoms with Gasteiger partial charge < -0.3 is 16.4 Å². The molecule has 0 saturated heterocycles. The highest BCUT2D eigenvalue weighted by Crippen LogP contribution is 2.28. The Hall–Kier alpha value is -2.54. The van der Waals surface area contributed by atoms with Crippen LogP contribution in [0.3, 0.4) is 0 Å². The summed E-state index contributed by atoms with van der Waals surface area (Å²) in [6.07, 6.45) is 4.46. The van der Waals surface area contributed by atoms with E-state index in [2.05, 4.69) is 25.6 Å². The van der Waals surface area contributed by atoms with Crippen LogP contribution in [0.2, 0.25) is 0 Å². The van der Waals surface area contributed by atoms with E-state index in [4.69, 9.17) is 5.73 Å². The van der Waals surface area contributed by atoms with E-state index in [9.17, 15) is 4.79 Å². The molecule has 3 rings (SSSR count). The van der Waals surface area contributed by atoms with Crippen molar-refractivity contribution in [2.24, 2.45) is 5.73 Å². The lowest BCUT2D eigenvalue weighted by Gasteiger charge is -2.27. The van der Waals surface area contributed by atoms with Crippen LogP contribution in [0.5, 0.6) is 0 Å². The minimum atomic E-state index is -0.878. The number of aryl methyl sites for hydroxylation is 1. The largest absolute Gasteiger partial charge is 0.348 e. The molecule has 2 aromatic heterocycles. The Morgan fingerprint density at radius 2 is 2.12 bits per heavy atom. The molecule has 1 aliphatic carbocycles. The molecule has 26 heavy (non-hydrogen) atoms. The minimum absolute atomic E-state index is 0.249. The minimum Gasteiger partial charge on any atom is -0.348 e. The number of fused-ring (bicyclic) bond motifs is 1. The number of anilines is 1. The van der Waals surface area contributed by atoms with Gasteiger partial charge in [0.1, 0.15) is 11.5 Å². The Balaban J connectivity index is 1.85. The fourth-order valence-electron chi connectivity index (χ4n) is 2.87. The predicted octanol–water partition coefficient (Wildman–Crippen LogP) is 2.03. The van der Waals surface area contributed by atoms with Gasteiger partial charge >= 0.3 is 0 Å². The molecule has 1 atom stereocenters. The molecule has 0 spiro atoms. The Kier molecular flexibility index (Phi) is 5.18. The van der Waals surface area contributed by atoms with Crippen LogP contribution in [0, 0.1) is 0 Å². The van der Waals surface area contributed by atoms with E-state index < -0.39 is 6.17 Å². The molecule has 7 nitrogen and oxygen atoms in total. The van der Waals surface area contributed by atoms with Crippen molar-refractivity contribution < 1.29 is 4.79 Å². The van der Waals surface area contributed by atoms with Gasteiger partial charge in [0.2, 0.25) is 0 Å². The summed E-state index contributed by atoms with van der Waals surface area (Å²) in [6, 6.07) is 5.63. The lowest BCUT2D eigenvalue weighted by Crippen LogP contribution is -2.53. The molecule has 0 fully saturated rings. The van der Waals surface area contributed by atoms with Gasteiger partial charge in [-0.3, -0.25) is 9.78 Å². The van der Waals surface area contributed by atoms with Crippen LogP contribution >= 0.6 is 0 Å². The zero-order chi connectivity index (χ0) is 18.7. The fraction of sp³-hybridized carbons (Fsp3) is 0.474. The molecule has 0 aromatic carbocycles. The number of hydrogen-bond acceptors (Lipinski definition) is 6. The van der Waals surface area contributed by atoms with Crippen LogP contribution in [0.4, 0.5) is 5.82 Å². The highest BCUT2D eigenvalue weighted by Gasteiger charge is 2.25. The normalized spacial score (nSPS) is 14.6. The number of rotatable bonds is 6. The number of nitrogens with two attached hydrogens (primary N) is 1. The molecule has 1 unspecified atom stereocenters. The molecule has 0 saturated carbocycles. The van der Waals surface area contributed by atoms with E-state index in [0.717, 1.165) is 36.9 Å². The van der Waals surface area contributed by atoms with Crippen molar-refractivity contribution in [3.63, 3.8) is 0 Å². The third-order valence-electron chi connectivity index (χ3n) is 4.75. The van der Waals surface area contributed by atoms with Crippen LogP contribution in [0.15, 0.2) is 24.4 Å². The number of nitrogens with zero attached hydrogens (tertiary/aromatic N) is 3. The van der Waals surface area contributed by atoms with Gasteiger partial charge in [0.15, 0.2) is 12.0 Å². The number of carbonyl (C=O) groups excluding carboxylic acids is 1. The van der Waals surface area contributed by atoms with Crippen LogP contribution in [0.1, 0.15) is 44.9 Å². The van der Waals surface area contributed by atoms with Crippen LogP contribution < -0.4 is 16.4 Å². The van der Waals surface area contributed by atoms with Gasteiger partial charge in [-0.2, -0.15) is 0 Å². The summed E-state index contributed by atoms with van der Waals surface area (Å²) >= 11 is 0. The monoisotopic (exact) mass is 354 g/mol. The lowest BCUT2D eigenvalue weighted by atomic mass is 10.0. The summed E-state index contributed by atoms with van der Waals surface area (Å²) in [4.78, 5) is 26.0. The van der Waals surface area contributed by atoms with E-state index in [0.29, 0.717) is 17.3 Å². The molecule has 1 aliphatic rings. The average Bonchev–Trinajstić information content (AvgIpc) is 3.11. The van der Waals surface area contributed by atoms with Gasteiger partial charge in [0.25, 0.3) is 5.91 Å². The van der Waals surface area contributed by atoms with E-state index >= 15 is 0 Å². The molecule has 1 amide bonds. The first-order valence-corrected chi connectivity index (χ1v) is 9.05. The lowest BCUT2D eigenvalue weighted by molar-refractivity contribution is -0.123. The Labute approximate surface area is 153 Å². The van der Waals surface area contributed by atoms with E-state index in [1.807, 2.05) is 39.0 Å². The van der Waals surface area contributed by atoms with Crippen LogP contribution in [-0.4, -0.2) is 32.6 Å². The quantitative estimate of drug-likeness (QED) is 0.686. The first-order chi connectivity index (χ1) is 12.4. The van der Waals surface area contributed by atoms with Crippen LogP contribution in [-0.2, 0) is 17.6 Å². The van der Waals surface area contributed by atoms with Gasteiger partial charge in [0, 0.05) is 23.0 Å². The first-order valence-electron chi connectivity index (χ1n) is 9.05. The van der Waals surface area contributed by atoms with Crippen molar-refractivity contribution in [2.75, 3.05) is 5.32 Å². The standard InChI is InChI=1S/C19H26N6O/c1-4-19(2,3)25-18(26)15(20)23-16-12-8-7-10-13(12)22-17(24-16)14-9-5-6-11-21-14/h5-6,9,11,15H,4,7-8,10,20H2,1-3H3,(H,25,26)(H,22,23,24). The first kappa shape index (κ1) is 18.3. The predicted molar refractivity (Wildman–Crippen MR) is 101 cm³/mol. The molecule has 2 heterocycles. The van der Waals surface area contributed by atoms with E-state index in [-0.39, 0.29) is 11.4 Å². The summed E-state index contributed by atoms with van der Waals surface area (Å²) in [5.74, 6) is 0.932. The SMILES string of the molecule is CCC(C)(C)NC(=O)C(N)Nc1nc(-c2ccccn2)nc2c1CCC2. The summed E-state index contributed by atoms with van der Waals surface area (Å²) in [5.41, 5.74) is 8.54. The average molecular weight is 354 g/mol. The number of aromatic nitrogens is 3. The molecule has 7 heteroatoms. The maximum atomic E-state index is 12.4. The molecular weight excluding hydrogens is 328 g/mol. The molecule has 0 radical (unpaired) electrons. The Bertz CT molecular complexity index is 790. The van der Waals surface area contributed by atoms with Gasteiger partial charge in [-0.1, -0.05) is 13.0 Å². The second-order valence-corrected chi connectivity index (χ2v) is 7.24. The van der Waals surface area contributed by atoms with E-state index in [1.165, 1.54) is 0 Å². The number of nitrogens with one attached hydrogen (secondary N) is 2. The summed E-state index contributed by atoms with van der Waals surface area (Å²) in [7, 11) is 0. The van der Waals surface area contributed by atoms with Crippen molar-refractivity contribution in [3.8, 4) is 11.5 Å². The summed E-state index contributed by atoms with van der Waals surface area (Å²) in [5, 5.41) is 6.04. The molecule has 138 valence electrons. The maximum Gasteiger partial charge on any atom is 0.257 e. The Morgan fingerprint density at radius 1 is 1.31 bits per heavy atom. The van der Waals surface area contributed by atoms with E-state index in [1.54, 1.807) is 6.20 Å². The van der Waals surface area contributed by atoms with Gasteiger partial charge in [-0.05, 0) is 51.7 Å². The number of pyridine rings is 1. The van der Waals surface area contributed by atoms with Crippen molar-refractivity contribution in [1.29, 1.82) is 0 Å². The molecule has 2 aromatic rings. The smallest absolute Gasteiger partial charge is 0.257 e. The second kappa shape index (κ2) is 7.37. The molecule has 4 N–H and O–H groups in total. The fourth-order valence-corrected chi connectivity index (χ4v) is 2.87. The van der Waals surface area contributed by atoms with Gasteiger partial charge in [-0.25, -0.2) is 9.97 Å². The van der Waals surface area contributed by atoms with Crippen molar-refractivity contribution in [1.82, 2.24) is 20.3 Å². The summed E-state index contributed by atoms with van der Waals surface area (Å²) in [6.45, 7) is 5.97. The summed E-state index contributed by atoms with van der Waals surface area (Å²) < 4.78 is 0. The number of amides is 1. The van der Waals surface area contributed by atoms with Crippen molar-refractivity contribution in [3.05, 3.63) is 35.7 Å².